The zero-order valence-corrected chi connectivity index (χ0v) is 15.8. The molecule has 0 bridgehead atoms. The third-order valence-corrected chi connectivity index (χ3v) is 7.63. The first-order chi connectivity index (χ1) is 12.3. The maximum atomic E-state index is 10.5. The molecule has 2 heterocycles. The van der Waals surface area contributed by atoms with Crippen LogP contribution in [-0.2, 0) is 4.74 Å². The van der Waals surface area contributed by atoms with Crippen molar-refractivity contribution in [2.24, 2.45) is 34.6 Å². The summed E-state index contributed by atoms with van der Waals surface area (Å²) < 4.78 is 5.90. The van der Waals surface area contributed by atoms with Gasteiger partial charge in [-0.1, -0.05) is 32.1 Å². The topological polar surface area (TPSA) is 53.9 Å². The summed E-state index contributed by atoms with van der Waals surface area (Å²) in [5.41, 5.74) is 0. The first kappa shape index (κ1) is 17.8. The number of fused-ring (bicyclic) bond motifs is 1. The highest BCUT2D eigenvalue weighted by molar-refractivity contribution is 5.87. The lowest BCUT2D eigenvalue weighted by atomic mass is 9.66. The Morgan fingerprint density at radius 2 is 1.92 bits per heavy atom. The highest BCUT2D eigenvalue weighted by Gasteiger charge is 2.43. The zero-order valence-electron chi connectivity index (χ0n) is 15.8. The second-order valence-corrected chi connectivity index (χ2v) is 9.02. The van der Waals surface area contributed by atoms with E-state index in [0.29, 0.717) is 17.9 Å². The molecule has 142 valence electrons. The molecule has 6 atom stereocenters. The van der Waals surface area contributed by atoms with Crippen LogP contribution in [0.15, 0.2) is 4.99 Å². The predicted molar refractivity (Wildman–Crippen MR) is 100 cm³/mol. The number of nitrogens with one attached hydrogen (secondary N) is 1. The van der Waals surface area contributed by atoms with E-state index in [-0.39, 0.29) is 6.23 Å². The molecule has 2 aliphatic heterocycles. The highest BCUT2D eigenvalue weighted by Crippen LogP contribution is 2.45. The summed E-state index contributed by atoms with van der Waals surface area (Å²) in [5, 5.41) is 13.8. The van der Waals surface area contributed by atoms with Gasteiger partial charge in [-0.15, -0.1) is 0 Å². The molecule has 4 nitrogen and oxygen atoms in total. The maximum Gasteiger partial charge on any atom is 0.128 e. The van der Waals surface area contributed by atoms with Crippen LogP contribution in [0.25, 0.3) is 0 Å². The number of nitrogens with zero attached hydrogens (tertiary/aromatic N) is 1. The van der Waals surface area contributed by atoms with Crippen molar-refractivity contribution in [3.63, 3.8) is 0 Å². The van der Waals surface area contributed by atoms with E-state index >= 15 is 0 Å². The van der Waals surface area contributed by atoms with Crippen LogP contribution in [0.3, 0.4) is 0 Å². The average molecular weight is 349 g/mol. The molecule has 25 heavy (non-hydrogen) atoms. The van der Waals surface area contributed by atoms with Gasteiger partial charge in [0, 0.05) is 25.5 Å². The van der Waals surface area contributed by atoms with Crippen molar-refractivity contribution in [1.29, 1.82) is 0 Å². The number of amidine groups is 1. The van der Waals surface area contributed by atoms with Crippen molar-refractivity contribution in [2.45, 2.75) is 83.0 Å². The third-order valence-electron chi connectivity index (χ3n) is 7.63. The Balaban J connectivity index is 1.40. The standard InChI is InChI=1S/C21H36N2O2/c1-25-19-10-9-14(12-17(19)15-6-3-2-4-7-15)13-18-16-8-5-11-22-20(16)23-21(18)24/h14-19,21,24H,2-13H2,1H3,(H,22,23)/t14?,16-,17?,18?,19?,21?/m0/s1. The fourth-order valence-corrected chi connectivity index (χ4v) is 6.32. The van der Waals surface area contributed by atoms with Gasteiger partial charge >= 0.3 is 0 Å². The normalized spacial score (nSPS) is 42.6. The molecule has 0 aromatic rings. The van der Waals surface area contributed by atoms with Crippen molar-refractivity contribution in [2.75, 3.05) is 13.7 Å². The Morgan fingerprint density at radius 3 is 2.72 bits per heavy atom. The van der Waals surface area contributed by atoms with Crippen LogP contribution < -0.4 is 5.32 Å². The molecule has 0 radical (unpaired) electrons. The number of aliphatic imine (C=N–C) groups is 1. The molecule has 4 rings (SSSR count). The fourth-order valence-electron chi connectivity index (χ4n) is 6.32. The van der Waals surface area contributed by atoms with Gasteiger partial charge in [0.15, 0.2) is 0 Å². The lowest BCUT2D eigenvalue weighted by Gasteiger charge is -2.42. The van der Waals surface area contributed by atoms with Gasteiger partial charge in [-0.25, -0.2) is 0 Å². The van der Waals surface area contributed by atoms with E-state index in [0.717, 1.165) is 36.6 Å². The summed E-state index contributed by atoms with van der Waals surface area (Å²) in [6.07, 6.45) is 14.5. The Labute approximate surface area is 152 Å². The highest BCUT2D eigenvalue weighted by atomic mass is 16.5. The van der Waals surface area contributed by atoms with Gasteiger partial charge in [0.1, 0.15) is 12.1 Å². The van der Waals surface area contributed by atoms with Crippen molar-refractivity contribution < 1.29 is 9.84 Å². The zero-order chi connectivity index (χ0) is 17.2. The van der Waals surface area contributed by atoms with Gasteiger partial charge in [0.2, 0.25) is 0 Å². The molecule has 4 aliphatic rings. The van der Waals surface area contributed by atoms with E-state index in [1.165, 1.54) is 64.2 Å². The maximum absolute atomic E-state index is 10.5. The second kappa shape index (κ2) is 7.96. The number of methoxy groups -OCH3 is 1. The smallest absolute Gasteiger partial charge is 0.128 e. The molecule has 2 saturated carbocycles. The Hall–Kier alpha value is -0.610. The average Bonchev–Trinajstić information content (AvgIpc) is 2.98. The molecule has 1 saturated heterocycles. The van der Waals surface area contributed by atoms with E-state index in [2.05, 4.69) is 10.3 Å². The van der Waals surface area contributed by atoms with E-state index in [4.69, 9.17) is 4.74 Å². The molecular formula is C21H36N2O2. The summed E-state index contributed by atoms with van der Waals surface area (Å²) in [6, 6.07) is 0. The summed E-state index contributed by atoms with van der Waals surface area (Å²) in [4.78, 5) is 4.62. The minimum atomic E-state index is -0.380. The number of hydrogen-bond donors (Lipinski definition) is 2. The summed E-state index contributed by atoms with van der Waals surface area (Å²) in [5.74, 6) is 4.32. The third kappa shape index (κ3) is 3.75. The van der Waals surface area contributed by atoms with Gasteiger partial charge in [0.05, 0.1) is 6.10 Å². The number of ether oxygens (including phenoxy) is 1. The van der Waals surface area contributed by atoms with E-state index < -0.39 is 0 Å². The van der Waals surface area contributed by atoms with Crippen molar-refractivity contribution >= 4 is 5.84 Å². The van der Waals surface area contributed by atoms with Crippen molar-refractivity contribution in [1.82, 2.24) is 5.32 Å². The molecule has 0 amide bonds. The second-order valence-electron chi connectivity index (χ2n) is 9.02. The van der Waals surface area contributed by atoms with Crippen LogP contribution in [0, 0.1) is 29.6 Å². The molecule has 0 aromatic heterocycles. The number of hydrogen-bond acceptors (Lipinski definition) is 4. The summed E-state index contributed by atoms with van der Waals surface area (Å²) in [7, 11) is 1.91. The van der Waals surface area contributed by atoms with Crippen LogP contribution in [-0.4, -0.2) is 36.9 Å². The molecule has 4 heteroatoms. The molecular weight excluding hydrogens is 312 g/mol. The van der Waals surface area contributed by atoms with Crippen LogP contribution in [0.5, 0.6) is 0 Å². The number of rotatable bonds is 4. The Bertz CT molecular complexity index is 475. The summed E-state index contributed by atoms with van der Waals surface area (Å²) >= 11 is 0. The minimum Gasteiger partial charge on any atom is -0.381 e. The molecule has 0 spiro atoms. The lowest BCUT2D eigenvalue weighted by molar-refractivity contribution is -0.0314. The Morgan fingerprint density at radius 1 is 1.08 bits per heavy atom. The fraction of sp³-hybridized carbons (Fsp3) is 0.952. The molecule has 5 unspecified atom stereocenters. The number of aliphatic hydroxyl groups excluding tert-OH is 1. The molecule has 2 N–H and O–H groups in total. The van der Waals surface area contributed by atoms with Crippen molar-refractivity contribution in [3.8, 4) is 0 Å². The van der Waals surface area contributed by atoms with Crippen LogP contribution >= 0.6 is 0 Å². The SMILES string of the molecule is COC1CCC(CC2C(O)NC3=NCCC[C@H]32)CC1C1CCCCC1. The van der Waals surface area contributed by atoms with Crippen LogP contribution in [0.4, 0.5) is 0 Å². The van der Waals surface area contributed by atoms with Gasteiger partial charge in [0.25, 0.3) is 0 Å². The quantitative estimate of drug-likeness (QED) is 0.814. The van der Waals surface area contributed by atoms with Gasteiger partial charge in [-0.05, 0) is 56.3 Å². The largest absolute Gasteiger partial charge is 0.381 e. The van der Waals surface area contributed by atoms with Gasteiger partial charge in [-0.2, -0.15) is 0 Å². The first-order valence-electron chi connectivity index (χ1n) is 10.8. The van der Waals surface area contributed by atoms with Gasteiger partial charge in [-0.3, -0.25) is 4.99 Å². The molecule has 2 aliphatic carbocycles. The molecule has 0 aromatic carbocycles. The van der Waals surface area contributed by atoms with Gasteiger partial charge < -0.3 is 15.2 Å². The van der Waals surface area contributed by atoms with Crippen LogP contribution in [0.1, 0.15) is 70.6 Å². The molecule has 3 fully saturated rings. The van der Waals surface area contributed by atoms with E-state index in [1.807, 2.05) is 7.11 Å². The van der Waals surface area contributed by atoms with E-state index in [9.17, 15) is 5.11 Å². The summed E-state index contributed by atoms with van der Waals surface area (Å²) in [6.45, 7) is 0.932. The Kier molecular flexibility index (Phi) is 5.66. The van der Waals surface area contributed by atoms with Crippen molar-refractivity contribution in [3.05, 3.63) is 0 Å². The van der Waals surface area contributed by atoms with Crippen LogP contribution in [0.2, 0.25) is 0 Å². The minimum absolute atomic E-state index is 0.371. The lowest BCUT2D eigenvalue weighted by Crippen LogP contribution is -2.38. The monoisotopic (exact) mass is 348 g/mol. The first-order valence-corrected chi connectivity index (χ1v) is 10.8. The number of aliphatic hydroxyl groups is 1. The van der Waals surface area contributed by atoms with E-state index in [1.54, 1.807) is 0 Å². The predicted octanol–water partition coefficient (Wildman–Crippen LogP) is 3.73.